The maximum Gasteiger partial charge on any atom is 0.0443 e. The van der Waals surface area contributed by atoms with Crippen LogP contribution < -0.4 is 5.32 Å². The van der Waals surface area contributed by atoms with E-state index in [1.807, 2.05) is 0 Å². The van der Waals surface area contributed by atoms with Gasteiger partial charge in [-0.1, -0.05) is 83.3 Å². The van der Waals surface area contributed by atoms with E-state index >= 15 is 0 Å². The van der Waals surface area contributed by atoms with E-state index in [0.717, 1.165) is 19.5 Å². The minimum atomic E-state index is 0.307. The van der Waals surface area contributed by atoms with Crippen molar-refractivity contribution in [2.24, 2.45) is 0 Å². The van der Waals surface area contributed by atoms with Crippen LogP contribution in [0.3, 0.4) is 0 Å². The van der Waals surface area contributed by atoms with E-state index in [0.29, 0.717) is 6.61 Å². The molecule has 0 aliphatic heterocycles. The normalized spacial score (nSPS) is 11.6. The van der Waals surface area contributed by atoms with Crippen LogP contribution in [0.1, 0.15) is 110 Å². The molecule has 0 aromatic heterocycles. The van der Waals surface area contributed by atoms with Crippen molar-refractivity contribution in [3.8, 4) is 0 Å². The summed E-state index contributed by atoms with van der Waals surface area (Å²) in [4.78, 5) is 0. The Hall–Kier alpha value is -0.340. The lowest BCUT2D eigenvalue weighted by Crippen LogP contribution is -2.17. The van der Waals surface area contributed by atoms with Crippen LogP contribution in [0.4, 0.5) is 0 Å². The van der Waals surface area contributed by atoms with E-state index in [4.69, 9.17) is 5.11 Å². The Bertz CT molecular complexity index is 240. The van der Waals surface area contributed by atoms with Crippen LogP contribution >= 0.6 is 0 Å². The Morgan fingerprint density at radius 1 is 0.583 bits per heavy atom. The van der Waals surface area contributed by atoms with Gasteiger partial charge < -0.3 is 10.4 Å². The van der Waals surface area contributed by atoms with Gasteiger partial charge in [-0.3, -0.25) is 0 Å². The first-order valence-electron chi connectivity index (χ1n) is 10.9. The van der Waals surface area contributed by atoms with Crippen LogP contribution in [0.25, 0.3) is 0 Å². The molecule has 24 heavy (non-hydrogen) atoms. The standard InChI is InChI=1S/C22H45NO/c1-2-3-4-5-6-7-8-9-10-11-12-13-14-15-16-17-18-20-23-21-19-22-24/h9-10,23-24H,2-8,11-22H2,1H3/b10-9-. The first-order valence-corrected chi connectivity index (χ1v) is 10.9. The van der Waals surface area contributed by atoms with Gasteiger partial charge in [-0.2, -0.15) is 0 Å². The number of hydrogen-bond donors (Lipinski definition) is 2. The first kappa shape index (κ1) is 23.7. The third kappa shape index (κ3) is 21.7. The number of aliphatic hydroxyl groups is 1. The molecule has 2 N–H and O–H groups in total. The quantitative estimate of drug-likeness (QED) is 0.199. The molecule has 0 aromatic carbocycles. The van der Waals surface area contributed by atoms with Crippen molar-refractivity contribution in [3.05, 3.63) is 12.2 Å². The number of unbranched alkanes of at least 4 members (excludes halogenated alkanes) is 13. The maximum atomic E-state index is 8.67. The van der Waals surface area contributed by atoms with Crippen molar-refractivity contribution in [2.45, 2.75) is 110 Å². The van der Waals surface area contributed by atoms with Gasteiger partial charge in [-0.15, -0.1) is 0 Å². The molecule has 0 atom stereocenters. The second kappa shape index (κ2) is 22.7. The van der Waals surface area contributed by atoms with Crippen molar-refractivity contribution in [1.82, 2.24) is 5.32 Å². The summed E-state index contributed by atoms with van der Waals surface area (Å²) < 4.78 is 0. The molecule has 0 saturated carbocycles. The predicted octanol–water partition coefficient (Wildman–Crippen LogP) is 6.39. The molecule has 2 heteroatoms. The van der Waals surface area contributed by atoms with Gasteiger partial charge in [0, 0.05) is 6.61 Å². The second-order valence-corrected chi connectivity index (χ2v) is 7.12. The smallest absolute Gasteiger partial charge is 0.0443 e. The van der Waals surface area contributed by atoms with Gasteiger partial charge in [-0.25, -0.2) is 0 Å². The zero-order valence-corrected chi connectivity index (χ0v) is 16.5. The Labute approximate surface area is 152 Å². The van der Waals surface area contributed by atoms with E-state index < -0.39 is 0 Å². The molecular formula is C22H45NO. The predicted molar refractivity (Wildman–Crippen MR) is 109 cm³/mol. The van der Waals surface area contributed by atoms with Crippen LogP contribution in [0.2, 0.25) is 0 Å². The first-order chi connectivity index (χ1) is 11.9. The average Bonchev–Trinajstić information content (AvgIpc) is 2.60. The van der Waals surface area contributed by atoms with E-state index in [9.17, 15) is 0 Å². The molecule has 0 aliphatic rings. The fraction of sp³-hybridized carbons (Fsp3) is 0.909. The van der Waals surface area contributed by atoms with Crippen LogP contribution in [-0.4, -0.2) is 24.8 Å². The van der Waals surface area contributed by atoms with Gasteiger partial charge in [0.05, 0.1) is 0 Å². The highest BCUT2D eigenvalue weighted by molar-refractivity contribution is 4.81. The van der Waals surface area contributed by atoms with Gasteiger partial charge in [0.15, 0.2) is 0 Å². The Balaban J connectivity index is 3.03. The molecule has 2 nitrogen and oxygen atoms in total. The molecule has 0 radical (unpaired) electrons. The molecule has 0 heterocycles. The summed E-state index contributed by atoms with van der Waals surface area (Å²) in [5.74, 6) is 0. The highest BCUT2D eigenvalue weighted by atomic mass is 16.3. The fourth-order valence-electron chi connectivity index (χ4n) is 3.00. The van der Waals surface area contributed by atoms with Crippen molar-refractivity contribution >= 4 is 0 Å². The van der Waals surface area contributed by atoms with Crippen molar-refractivity contribution in [3.63, 3.8) is 0 Å². The summed E-state index contributed by atoms with van der Waals surface area (Å²) in [6.07, 6.45) is 26.3. The van der Waals surface area contributed by atoms with E-state index in [2.05, 4.69) is 24.4 Å². The SMILES string of the molecule is CCCCCCCC/C=C\CCCCCCCCCNCCCO. The molecular weight excluding hydrogens is 294 g/mol. The molecule has 0 aromatic rings. The summed E-state index contributed by atoms with van der Waals surface area (Å²) >= 11 is 0. The molecule has 144 valence electrons. The van der Waals surface area contributed by atoms with Crippen LogP contribution in [0.5, 0.6) is 0 Å². The number of aliphatic hydroxyl groups excluding tert-OH is 1. The van der Waals surface area contributed by atoms with Crippen molar-refractivity contribution < 1.29 is 5.11 Å². The lowest BCUT2D eigenvalue weighted by molar-refractivity contribution is 0.286. The van der Waals surface area contributed by atoms with Crippen LogP contribution in [-0.2, 0) is 0 Å². The van der Waals surface area contributed by atoms with Crippen LogP contribution in [0, 0.1) is 0 Å². The molecule has 0 saturated heterocycles. The molecule has 0 fully saturated rings. The van der Waals surface area contributed by atoms with Crippen molar-refractivity contribution in [2.75, 3.05) is 19.7 Å². The van der Waals surface area contributed by atoms with Gasteiger partial charge in [0.1, 0.15) is 0 Å². The Morgan fingerprint density at radius 2 is 1.04 bits per heavy atom. The zero-order valence-electron chi connectivity index (χ0n) is 16.5. The average molecular weight is 340 g/mol. The number of hydrogen-bond acceptors (Lipinski definition) is 2. The highest BCUT2D eigenvalue weighted by Gasteiger charge is 1.92. The summed E-state index contributed by atoms with van der Waals surface area (Å²) in [5, 5.41) is 12.0. The summed E-state index contributed by atoms with van der Waals surface area (Å²) in [6.45, 7) is 4.66. The van der Waals surface area contributed by atoms with Crippen molar-refractivity contribution in [1.29, 1.82) is 0 Å². The lowest BCUT2D eigenvalue weighted by atomic mass is 10.1. The minimum absolute atomic E-state index is 0.307. The Kier molecular flexibility index (Phi) is 22.3. The van der Waals surface area contributed by atoms with Gasteiger partial charge in [0.2, 0.25) is 0 Å². The van der Waals surface area contributed by atoms with E-state index in [-0.39, 0.29) is 0 Å². The molecule has 0 rings (SSSR count). The summed E-state index contributed by atoms with van der Waals surface area (Å²) in [7, 11) is 0. The number of rotatable bonds is 20. The zero-order chi connectivity index (χ0) is 17.6. The third-order valence-electron chi connectivity index (χ3n) is 4.63. The largest absolute Gasteiger partial charge is 0.396 e. The lowest BCUT2D eigenvalue weighted by Gasteiger charge is -2.03. The van der Waals surface area contributed by atoms with Crippen LogP contribution in [0.15, 0.2) is 12.2 Å². The monoisotopic (exact) mass is 339 g/mol. The molecule has 0 aliphatic carbocycles. The highest BCUT2D eigenvalue weighted by Crippen LogP contribution is 2.10. The third-order valence-corrected chi connectivity index (χ3v) is 4.63. The summed E-state index contributed by atoms with van der Waals surface area (Å²) in [6, 6.07) is 0. The topological polar surface area (TPSA) is 32.3 Å². The minimum Gasteiger partial charge on any atom is -0.396 e. The molecule has 0 amide bonds. The van der Waals surface area contributed by atoms with E-state index in [1.165, 1.54) is 96.3 Å². The molecule has 0 bridgehead atoms. The molecule has 0 spiro atoms. The summed E-state index contributed by atoms with van der Waals surface area (Å²) in [5.41, 5.74) is 0. The van der Waals surface area contributed by atoms with Gasteiger partial charge in [0.25, 0.3) is 0 Å². The maximum absolute atomic E-state index is 8.67. The van der Waals surface area contributed by atoms with Gasteiger partial charge >= 0.3 is 0 Å². The molecule has 0 unspecified atom stereocenters. The number of nitrogens with one attached hydrogen (secondary N) is 1. The number of allylic oxidation sites excluding steroid dienone is 2. The van der Waals surface area contributed by atoms with E-state index in [1.54, 1.807) is 0 Å². The fourth-order valence-corrected chi connectivity index (χ4v) is 3.00. The second-order valence-electron chi connectivity index (χ2n) is 7.12. The Morgan fingerprint density at radius 3 is 1.58 bits per heavy atom. The van der Waals surface area contributed by atoms with Gasteiger partial charge in [-0.05, 0) is 51.6 Å².